The first-order chi connectivity index (χ1) is 8.52. The molecule has 0 fully saturated rings. The smallest absolute Gasteiger partial charge is 0.171 e. The number of nitrogens with zero attached hydrogens (tertiary/aromatic N) is 4. The molecule has 0 aliphatic rings. The van der Waals surface area contributed by atoms with Crippen LogP contribution < -0.4 is 0 Å². The Labute approximate surface area is 107 Å². The van der Waals surface area contributed by atoms with Crippen LogP contribution in [0.15, 0.2) is 18.3 Å². The van der Waals surface area contributed by atoms with Gasteiger partial charge in [-0.05, 0) is 37.5 Å². The second-order valence-electron chi connectivity index (χ2n) is 4.73. The van der Waals surface area contributed by atoms with Gasteiger partial charge in [-0.3, -0.25) is 0 Å². The van der Waals surface area contributed by atoms with Gasteiger partial charge in [0.15, 0.2) is 5.82 Å². The Hall–Kier alpha value is -2.15. The highest BCUT2D eigenvalue weighted by atomic mass is 15.3. The molecule has 0 N–H and O–H groups in total. The van der Waals surface area contributed by atoms with E-state index in [1.54, 1.807) is 4.68 Å². The first-order valence-corrected chi connectivity index (χ1v) is 5.97. The topological polar surface area (TPSA) is 54.5 Å². The molecule has 0 saturated carbocycles. The Morgan fingerprint density at radius 2 is 2.06 bits per heavy atom. The number of pyridine rings is 1. The Balaban J connectivity index is 2.59. The first kappa shape index (κ1) is 12.3. The molecule has 92 valence electrons. The van der Waals surface area contributed by atoms with Crippen LogP contribution in [0.3, 0.4) is 0 Å². The van der Waals surface area contributed by atoms with Crippen molar-refractivity contribution in [2.45, 2.75) is 33.6 Å². The van der Waals surface area contributed by atoms with E-state index in [9.17, 15) is 5.26 Å². The Morgan fingerprint density at radius 1 is 1.33 bits per heavy atom. The molecule has 0 spiro atoms. The van der Waals surface area contributed by atoms with Crippen LogP contribution in [-0.4, -0.2) is 14.8 Å². The molecule has 0 unspecified atom stereocenters. The molecule has 0 aliphatic carbocycles. The minimum absolute atomic E-state index is 0.364. The van der Waals surface area contributed by atoms with Gasteiger partial charge in [-0.15, -0.1) is 0 Å². The summed E-state index contributed by atoms with van der Waals surface area (Å²) in [5, 5.41) is 13.7. The molecule has 18 heavy (non-hydrogen) atoms. The third-order valence-electron chi connectivity index (χ3n) is 2.86. The summed E-state index contributed by atoms with van der Waals surface area (Å²) in [4.78, 5) is 4.43. The van der Waals surface area contributed by atoms with E-state index in [1.165, 1.54) is 0 Å². The van der Waals surface area contributed by atoms with Crippen molar-refractivity contribution in [2.24, 2.45) is 0 Å². The molecule has 0 atom stereocenters. The normalized spacial score (nSPS) is 10.7. The average molecular weight is 240 g/mol. The lowest BCUT2D eigenvalue weighted by Gasteiger charge is -2.07. The van der Waals surface area contributed by atoms with Crippen molar-refractivity contribution in [3.8, 4) is 11.9 Å². The molecular formula is C14H16N4. The SMILES string of the molecule is Cc1cc(C)c(C#N)c(-n2ccc(C(C)C)n2)n1. The van der Waals surface area contributed by atoms with E-state index in [0.29, 0.717) is 17.3 Å². The minimum atomic E-state index is 0.364. The van der Waals surface area contributed by atoms with E-state index in [2.05, 4.69) is 30.0 Å². The molecular weight excluding hydrogens is 224 g/mol. The number of nitriles is 1. The van der Waals surface area contributed by atoms with Crippen molar-refractivity contribution in [3.63, 3.8) is 0 Å². The van der Waals surface area contributed by atoms with Crippen molar-refractivity contribution in [1.29, 1.82) is 5.26 Å². The monoisotopic (exact) mass is 240 g/mol. The molecule has 0 aliphatic heterocycles. The molecule has 4 nitrogen and oxygen atoms in total. The third-order valence-corrected chi connectivity index (χ3v) is 2.86. The van der Waals surface area contributed by atoms with Crippen LogP contribution in [0.2, 0.25) is 0 Å². The van der Waals surface area contributed by atoms with Gasteiger partial charge in [0.2, 0.25) is 0 Å². The van der Waals surface area contributed by atoms with Gasteiger partial charge in [0.25, 0.3) is 0 Å². The fourth-order valence-corrected chi connectivity index (χ4v) is 1.88. The van der Waals surface area contributed by atoms with Crippen molar-refractivity contribution in [1.82, 2.24) is 14.8 Å². The molecule has 0 saturated heterocycles. The quantitative estimate of drug-likeness (QED) is 0.811. The zero-order chi connectivity index (χ0) is 13.3. The standard InChI is InChI=1S/C14H16N4/c1-9(2)13-5-6-18(17-13)14-12(8-15)10(3)7-11(4)16-14/h5-7,9H,1-4H3. The summed E-state index contributed by atoms with van der Waals surface area (Å²) in [5.41, 5.74) is 3.41. The molecule has 2 heterocycles. The average Bonchev–Trinajstić information content (AvgIpc) is 2.77. The van der Waals surface area contributed by atoms with Crippen LogP contribution in [0.5, 0.6) is 0 Å². The maximum absolute atomic E-state index is 9.24. The predicted molar refractivity (Wildman–Crippen MR) is 69.6 cm³/mol. The lowest BCUT2D eigenvalue weighted by molar-refractivity contribution is 0.754. The summed E-state index contributed by atoms with van der Waals surface area (Å²) >= 11 is 0. The Kier molecular flexibility index (Phi) is 3.15. The lowest BCUT2D eigenvalue weighted by atomic mass is 10.1. The van der Waals surface area contributed by atoms with Gasteiger partial charge < -0.3 is 0 Å². The summed E-state index contributed by atoms with van der Waals surface area (Å²) in [6.07, 6.45) is 1.86. The van der Waals surface area contributed by atoms with Crippen LogP contribution >= 0.6 is 0 Å². The van der Waals surface area contributed by atoms with Gasteiger partial charge in [0.1, 0.15) is 6.07 Å². The van der Waals surface area contributed by atoms with E-state index in [-0.39, 0.29) is 0 Å². The van der Waals surface area contributed by atoms with E-state index < -0.39 is 0 Å². The third kappa shape index (κ3) is 2.12. The van der Waals surface area contributed by atoms with E-state index in [1.807, 2.05) is 32.2 Å². The van der Waals surface area contributed by atoms with Crippen molar-refractivity contribution in [3.05, 3.63) is 40.8 Å². The second kappa shape index (κ2) is 4.61. The summed E-state index contributed by atoms with van der Waals surface area (Å²) in [7, 11) is 0. The fourth-order valence-electron chi connectivity index (χ4n) is 1.88. The summed E-state index contributed by atoms with van der Waals surface area (Å²) < 4.78 is 1.69. The molecule has 0 aromatic carbocycles. The van der Waals surface area contributed by atoms with Gasteiger partial charge >= 0.3 is 0 Å². The fraction of sp³-hybridized carbons (Fsp3) is 0.357. The van der Waals surface area contributed by atoms with E-state index in [4.69, 9.17) is 0 Å². The second-order valence-corrected chi connectivity index (χ2v) is 4.73. The largest absolute Gasteiger partial charge is 0.233 e. The molecule has 0 radical (unpaired) electrons. The number of aromatic nitrogens is 3. The van der Waals surface area contributed by atoms with Crippen molar-refractivity contribution >= 4 is 0 Å². The molecule has 0 amide bonds. The van der Waals surface area contributed by atoms with Crippen LogP contribution in [0, 0.1) is 25.2 Å². The van der Waals surface area contributed by atoms with Crippen LogP contribution in [0.25, 0.3) is 5.82 Å². The van der Waals surface area contributed by atoms with E-state index >= 15 is 0 Å². The molecule has 0 bridgehead atoms. The van der Waals surface area contributed by atoms with E-state index in [0.717, 1.165) is 17.0 Å². The summed E-state index contributed by atoms with van der Waals surface area (Å²) in [6.45, 7) is 8.02. The molecule has 2 rings (SSSR count). The van der Waals surface area contributed by atoms with Crippen molar-refractivity contribution < 1.29 is 0 Å². The zero-order valence-corrected chi connectivity index (χ0v) is 11.1. The van der Waals surface area contributed by atoms with Crippen LogP contribution in [0.1, 0.15) is 42.3 Å². The highest BCUT2D eigenvalue weighted by Gasteiger charge is 2.12. The van der Waals surface area contributed by atoms with Crippen LogP contribution in [0.4, 0.5) is 0 Å². The Bertz CT molecular complexity index is 617. The number of hydrogen-bond donors (Lipinski definition) is 0. The molecule has 2 aromatic rings. The van der Waals surface area contributed by atoms with Gasteiger partial charge in [0, 0.05) is 11.9 Å². The van der Waals surface area contributed by atoms with Crippen LogP contribution in [-0.2, 0) is 0 Å². The maximum Gasteiger partial charge on any atom is 0.171 e. The highest BCUT2D eigenvalue weighted by Crippen LogP contribution is 2.18. The summed E-state index contributed by atoms with van der Waals surface area (Å²) in [6, 6.07) is 6.08. The van der Waals surface area contributed by atoms with Gasteiger partial charge in [-0.25, -0.2) is 9.67 Å². The maximum atomic E-state index is 9.24. The number of hydrogen-bond acceptors (Lipinski definition) is 3. The zero-order valence-electron chi connectivity index (χ0n) is 11.1. The summed E-state index contributed by atoms with van der Waals surface area (Å²) in [5.74, 6) is 0.976. The van der Waals surface area contributed by atoms with Gasteiger partial charge in [0.05, 0.1) is 11.3 Å². The highest BCUT2D eigenvalue weighted by molar-refractivity contribution is 5.49. The molecule has 2 aromatic heterocycles. The van der Waals surface area contributed by atoms with Gasteiger partial charge in [-0.1, -0.05) is 13.8 Å². The first-order valence-electron chi connectivity index (χ1n) is 5.97. The lowest BCUT2D eigenvalue weighted by Crippen LogP contribution is -2.05. The Morgan fingerprint density at radius 3 is 2.61 bits per heavy atom. The minimum Gasteiger partial charge on any atom is -0.233 e. The molecule has 4 heteroatoms. The number of rotatable bonds is 2. The van der Waals surface area contributed by atoms with Gasteiger partial charge in [-0.2, -0.15) is 10.4 Å². The van der Waals surface area contributed by atoms with Crippen molar-refractivity contribution in [2.75, 3.05) is 0 Å². The number of aryl methyl sites for hydroxylation is 2. The predicted octanol–water partition coefficient (Wildman–Crippen LogP) is 2.88.